The number of carboxylic acids is 1. The standard InChI is InChI=1S/C45H69N9O7S/c1-10-29(4)39(49-41(57)36-16-12-13-21-52(36)8)43(58)54(22-14-11-15-33-26-53(9)51-50-33)37(28(2)3)24-38(61-30(5)55)42-48-35(27-62-42)40(56)47-34(25-45(6,7)44(59)60)23-31-17-19-32(46)20-18-31/h17-20,26-29,34,36-39H,10-16,21-25,46H2,1-9H3,(H,47,56)(H,49,57)(H,59,60)/t29-,34?,36?,37+,38+,39-/m0/s1. The van der Waals surface area contributed by atoms with Crippen molar-refractivity contribution in [3.8, 4) is 0 Å². The lowest BCUT2D eigenvalue weighted by molar-refractivity contribution is -0.150. The van der Waals surface area contributed by atoms with Crippen LogP contribution in [0.1, 0.15) is 133 Å². The van der Waals surface area contributed by atoms with E-state index in [1.165, 1.54) is 18.3 Å². The summed E-state index contributed by atoms with van der Waals surface area (Å²) < 4.78 is 7.60. The van der Waals surface area contributed by atoms with E-state index >= 15 is 4.79 Å². The van der Waals surface area contributed by atoms with Crippen molar-refractivity contribution >= 4 is 46.7 Å². The molecule has 1 saturated heterocycles. The number of anilines is 1. The van der Waals surface area contributed by atoms with Gasteiger partial charge in [0.2, 0.25) is 11.8 Å². The van der Waals surface area contributed by atoms with Crippen LogP contribution in [0.2, 0.25) is 0 Å². The molecule has 0 saturated carbocycles. The Labute approximate surface area is 370 Å². The molecule has 1 fully saturated rings. The first-order chi connectivity index (χ1) is 29.3. The largest absolute Gasteiger partial charge is 0.481 e. The Balaban J connectivity index is 1.63. The minimum atomic E-state index is -1.13. The van der Waals surface area contributed by atoms with Crippen molar-refractivity contribution in [1.29, 1.82) is 0 Å². The maximum Gasteiger partial charge on any atom is 0.309 e. The summed E-state index contributed by atoms with van der Waals surface area (Å²) in [5, 5.41) is 26.4. The summed E-state index contributed by atoms with van der Waals surface area (Å²) in [6, 6.07) is 5.11. The van der Waals surface area contributed by atoms with Gasteiger partial charge in [0.25, 0.3) is 5.91 Å². The van der Waals surface area contributed by atoms with Crippen molar-refractivity contribution in [1.82, 2.24) is 40.4 Å². The fourth-order valence-electron chi connectivity index (χ4n) is 8.05. The number of nitrogens with two attached hydrogens (primary N) is 1. The molecule has 1 aromatic carbocycles. The molecule has 0 radical (unpaired) electrons. The number of nitrogens with zero attached hydrogens (tertiary/aromatic N) is 6. The van der Waals surface area contributed by atoms with Gasteiger partial charge in [0.1, 0.15) is 16.7 Å². The van der Waals surface area contributed by atoms with E-state index in [4.69, 9.17) is 10.5 Å². The number of rotatable bonds is 23. The molecule has 17 heteroatoms. The van der Waals surface area contributed by atoms with Gasteiger partial charge in [0, 0.05) is 56.3 Å². The number of likely N-dealkylation sites (N-methyl/N-ethyl adjacent to an activating group) is 1. The number of hydrogen-bond donors (Lipinski definition) is 4. The molecule has 2 aromatic heterocycles. The zero-order chi connectivity index (χ0) is 45.7. The molecule has 1 aliphatic heterocycles. The third-order valence-electron chi connectivity index (χ3n) is 12.0. The van der Waals surface area contributed by atoms with Crippen LogP contribution in [0.15, 0.2) is 35.8 Å². The van der Waals surface area contributed by atoms with Crippen LogP contribution in [0.3, 0.4) is 0 Å². The number of hydrogen-bond acceptors (Lipinski definition) is 12. The predicted octanol–water partition coefficient (Wildman–Crippen LogP) is 5.58. The van der Waals surface area contributed by atoms with Gasteiger partial charge in [0.15, 0.2) is 6.10 Å². The third-order valence-corrected chi connectivity index (χ3v) is 12.9. The molecule has 4 rings (SSSR count). The molecule has 2 unspecified atom stereocenters. The van der Waals surface area contributed by atoms with E-state index in [1.54, 1.807) is 36.0 Å². The second-order valence-corrected chi connectivity index (χ2v) is 18.9. The van der Waals surface area contributed by atoms with Gasteiger partial charge in [-0.3, -0.25) is 33.6 Å². The van der Waals surface area contributed by atoms with Gasteiger partial charge in [-0.25, -0.2) is 4.98 Å². The monoisotopic (exact) mass is 880 g/mol. The average molecular weight is 880 g/mol. The Morgan fingerprint density at radius 2 is 1.77 bits per heavy atom. The first-order valence-corrected chi connectivity index (χ1v) is 22.8. The number of likely N-dealkylation sites (tertiary alicyclic amines) is 1. The Kier molecular flexibility index (Phi) is 18.4. The SMILES string of the molecule is CC[C@H](C)[C@H](NC(=O)C1CCCCN1C)C(=O)N(CCCCc1cn(C)nn1)[C@H](C[C@@H](OC(C)=O)c1nc(C(=O)NC(Cc2ccc(N)cc2)CC(C)(C)C(=O)O)cs1)C(C)C. The van der Waals surface area contributed by atoms with Crippen LogP contribution < -0.4 is 16.4 Å². The Bertz CT molecular complexity index is 1950. The number of ether oxygens (including phenoxy) is 1. The molecular formula is C45H69N9O7S. The number of nitrogen functional groups attached to an aromatic ring is 1. The molecule has 0 aliphatic carbocycles. The van der Waals surface area contributed by atoms with Gasteiger partial charge in [-0.2, -0.15) is 0 Å². The van der Waals surface area contributed by atoms with E-state index in [0.29, 0.717) is 42.9 Å². The van der Waals surface area contributed by atoms with E-state index < -0.39 is 47.5 Å². The van der Waals surface area contributed by atoms with Crippen LogP contribution in [0.25, 0.3) is 0 Å². The minimum Gasteiger partial charge on any atom is -0.481 e. The van der Waals surface area contributed by atoms with Gasteiger partial charge in [-0.15, -0.1) is 16.4 Å². The number of carbonyl (C=O) groups is 5. The number of piperidine rings is 1. The summed E-state index contributed by atoms with van der Waals surface area (Å²) in [4.78, 5) is 76.1. The minimum absolute atomic E-state index is 0.0999. The molecule has 5 N–H and O–H groups in total. The van der Waals surface area contributed by atoms with Crippen LogP contribution >= 0.6 is 11.3 Å². The van der Waals surface area contributed by atoms with Crippen molar-refractivity contribution in [3.05, 3.63) is 57.8 Å². The predicted molar refractivity (Wildman–Crippen MR) is 239 cm³/mol. The van der Waals surface area contributed by atoms with E-state index in [1.807, 2.05) is 65.0 Å². The number of thiazole rings is 1. The summed E-state index contributed by atoms with van der Waals surface area (Å²) in [6.45, 7) is 13.8. The van der Waals surface area contributed by atoms with Crippen molar-refractivity contribution in [2.75, 3.05) is 25.9 Å². The van der Waals surface area contributed by atoms with E-state index in [0.717, 1.165) is 43.5 Å². The number of unbranched alkanes of at least 4 members (excludes halogenated alkanes) is 1. The molecule has 0 bridgehead atoms. The fourth-order valence-corrected chi connectivity index (χ4v) is 8.89. The number of amides is 3. The second-order valence-electron chi connectivity index (χ2n) is 18.0. The van der Waals surface area contributed by atoms with Crippen molar-refractivity contribution in [3.63, 3.8) is 0 Å². The number of carbonyl (C=O) groups excluding carboxylic acids is 4. The van der Waals surface area contributed by atoms with Crippen LogP contribution in [-0.2, 0) is 43.8 Å². The molecule has 3 heterocycles. The van der Waals surface area contributed by atoms with E-state index in [9.17, 15) is 24.3 Å². The Morgan fingerprint density at radius 3 is 2.37 bits per heavy atom. The summed E-state index contributed by atoms with van der Waals surface area (Å²) in [7, 11) is 3.77. The lowest BCUT2D eigenvalue weighted by Crippen LogP contribution is -2.59. The average Bonchev–Trinajstić information content (AvgIpc) is 3.88. The highest BCUT2D eigenvalue weighted by Gasteiger charge is 2.39. The number of aryl methyl sites for hydroxylation is 2. The van der Waals surface area contributed by atoms with Crippen LogP contribution in [0.4, 0.5) is 5.69 Å². The highest BCUT2D eigenvalue weighted by molar-refractivity contribution is 7.09. The summed E-state index contributed by atoms with van der Waals surface area (Å²) in [5.41, 5.74) is 7.18. The molecule has 6 atom stereocenters. The van der Waals surface area contributed by atoms with Gasteiger partial charge in [-0.05, 0) is 102 Å². The smallest absolute Gasteiger partial charge is 0.309 e. The van der Waals surface area contributed by atoms with E-state index in [2.05, 4.69) is 30.8 Å². The van der Waals surface area contributed by atoms with Crippen LogP contribution in [0, 0.1) is 17.3 Å². The number of benzene rings is 1. The number of nitrogens with one attached hydrogen (secondary N) is 2. The molecule has 1 aliphatic rings. The zero-order valence-electron chi connectivity index (χ0n) is 38.1. The lowest BCUT2D eigenvalue weighted by Gasteiger charge is -2.40. The number of esters is 1. The normalized spacial score (nSPS) is 17.1. The quantitative estimate of drug-likeness (QED) is 0.0522. The number of aromatic nitrogens is 4. The second kappa shape index (κ2) is 23.0. The Morgan fingerprint density at radius 1 is 1.06 bits per heavy atom. The Hall–Kier alpha value is -4.90. The van der Waals surface area contributed by atoms with Crippen molar-refractivity contribution < 1.29 is 33.8 Å². The summed E-state index contributed by atoms with van der Waals surface area (Å²) >= 11 is 1.18. The maximum atomic E-state index is 15.0. The molecule has 16 nitrogen and oxygen atoms in total. The fraction of sp³-hybridized carbons (Fsp3) is 0.644. The molecule has 0 spiro atoms. The van der Waals surface area contributed by atoms with Crippen molar-refractivity contribution in [2.45, 2.75) is 143 Å². The highest BCUT2D eigenvalue weighted by atomic mass is 32.1. The van der Waals surface area contributed by atoms with Crippen LogP contribution in [-0.4, -0.2) is 109 Å². The van der Waals surface area contributed by atoms with Gasteiger partial charge >= 0.3 is 11.9 Å². The summed E-state index contributed by atoms with van der Waals surface area (Å²) in [6.07, 6.45) is 7.12. The van der Waals surface area contributed by atoms with Gasteiger partial charge < -0.3 is 31.1 Å². The zero-order valence-corrected chi connectivity index (χ0v) is 38.9. The number of carboxylic acid groups (broad SMARTS) is 1. The molecule has 3 aromatic rings. The molecule has 3 amide bonds. The molecule has 62 heavy (non-hydrogen) atoms. The maximum absolute atomic E-state index is 15.0. The first-order valence-electron chi connectivity index (χ1n) is 22.0. The lowest BCUT2D eigenvalue weighted by atomic mass is 9.84. The van der Waals surface area contributed by atoms with Gasteiger partial charge in [0.05, 0.1) is 17.2 Å². The van der Waals surface area contributed by atoms with E-state index in [-0.39, 0.29) is 48.2 Å². The summed E-state index contributed by atoms with van der Waals surface area (Å²) in [5.74, 6) is -2.63. The van der Waals surface area contributed by atoms with Crippen LogP contribution in [0.5, 0.6) is 0 Å². The topological polar surface area (TPSA) is 215 Å². The number of aliphatic carboxylic acids is 1. The molecular weight excluding hydrogens is 811 g/mol. The van der Waals surface area contributed by atoms with Crippen molar-refractivity contribution in [2.24, 2.45) is 24.3 Å². The van der Waals surface area contributed by atoms with Gasteiger partial charge in [-0.1, -0.05) is 57.9 Å². The first kappa shape index (κ1) is 49.8. The molecule has 342 valence electrons. The third kappa shape index (κ3) is 14.3. The highest BCUT2D eigenvalue weighted by Crippen LogP contribution is 2.32.